The second-order valence-corrected chi connectivity index (χ2v) is 6.92. The number of hydrogen-bond donors (Lipinski definition) is 2. The number of nitrogens with zero attached hydrogens (tertiary/aromatic N) is 1. The third-order valence-electron chi connectivity index (χ3n) is 5.36. The van der Waals surface area contributed by atoms with Crippen molar-refractivity contribution in [3.63, 3.8) is 0 Å². The maximum absolute atomic E-state index is 14.6. The fourth-order valence-corrected chi connectivity index (χ4v) is 4.06. The van der Waals surface area contributed by atoms with Crippen LogP contribution in [0.3, 0.4) is 0 Å². The summed E-state index contributed by atoms with van der Waals surface area (Å²) in [6.07, 6.45) is 4.16. The number of piperidine rings is 1. The van der Waals surface area contributed by atoms with Gasteiger partial charge in [-0.2, -0.15) is 0 Å². The Balaban J connectivity index is 1.83. The largest absolute Gasteiger partial charge is 0.342 e. The van der Waals surface area contributed by atoms with Gasteiger partial charge in [0.1, 0.15) is 5.82 Å². The summed E-state index contributed by atoms with van der Waals surface area (Å²) in [5, 5.41) is 6.45. The zero-order chi connectivity index (χ0) is 16.9. The van der Waals surface area contributed by atoms with Crippen LogP contribution in [0.5, 0.6) is 0 Å². The highest BCUT2D eigenvalue weighted by atomic mass is 19.1. The topological polar surface area (TPSA) is 44.4 Å². The van der Waals surface area contributed by atoms with Crippen molar-refractivity contribution < 1.29 is 9.18 Å². The van der Waals surface area contributed by atoms with E-state index in [2.05, 4.69) is 10.6 Å². The monoisotopic (exact) mass is 333 g/mol. The zero-order valence-electron chi connectivity index (χ0n) is 14.5. The number of carbonyl (C=O) groups excluding carboxylic acids is 1. The predicted molar refractivity (Wildman–Crippen MR) is 93.6 cm³/mol. The van der Waals surface area contributed by atoms with Gasteiger partial charge in [-0.15, -0.1) is 0 Å². The van der Waals surface area contributed by atoms with E-state index in [1.165, 1.54) is 12.5 Å². The van der Waals surface area contributed by atoms with Crippen molar-refractivity contribution in [2.24, 2.45) is 5.92 Å². The first-order chi connectivity index (χ1) is 11.7. The molecule has 1 unspecified atom stereocenters. The fraction of sp³-hybridized carbons (Fsp3) is 0.632. The van der Waals surface area contributed by atoms with E-state index in [0.29, 0.717) is 13.1 Å². The molecule has 0 radical (unpaired) electrons. The van der Waals surface area contributed by atoms with Crippen LogP contribution in [0.2, 0.25) is 0 Å². The molecule has 4 nitrogen and oxygen atoms in total. The highest BCUT2D eigenvalue weighted by molar-refractivity contribution is 5.81. The summed E-state index contributed by atoms with van der Waals surface area (Å²) >= 11 is 0. The van der Waals surface area contributed by atoms with Gasteiger partial charge in [-0.25, -0.2) is 4.39 Å². The van der Waals surface area contributed by atoms with Crippen molar-refractivity contribution in [3.05, 3.63) is 35.1 Å². The van der Waals surface area contributed by atoms with Crippen LogP contribution >= 0.6 is 0 Å². The normalized spacial score (nSPS) is 24.3. The lowest BCUT2D eigenvalue weighted by atomic mass is 9.84. The number of likely N-dealkylation sites (tertiary alicyclic amines) is 1. The van der Waals surface area contributed by atoms with E-state index < -0.39 is 0 Å². The minimum Gasteiger partial charge on any atom is -0.342 e. The molecule has 0 spiro atoms. The Bertz CT molecular complexity index is 572. The van der Waals surface area contributed by atoms with Crippen molar-refractivity contribution in [2.45, 2.75) is 31.6 Å². The molecule has 0 aliphatic carbocycles. The molecule has 2 aliphatic heterocycles. The van der Waals surface area contributed by atoms with Gasteiger partial charge in [0.05, 0.1) is 5.92 Å². The molecule has 0 saturated carbocycles. The molecule has 2 N–H and O–H groups in total. The number of rotatable bonds is 5. The van der Waals surface area contributed by atoms with Crippen LogP contribution in [0.1, 0.15) is 36.3 Å². The Labute approximate surface area is 143 Å². The molecule has 1 aromatic rings. The summed E-state index contributed by atoms with van der Waals surface area (Å²) in [5.41, 5.74) is 1.77. The molecule has 3 rings (SSSR count). The first-order valence-electron chi connectivity index (χ1n) is 9.13. The summed E-state index contributed by atoms with van der Waals surface area (Å²) in [6, 6.07) is 5.29. The molecule has 5 heteroatoms. The number of nitrogens with one attached hydrogen (secondary N) is 2. The van der Waals surface area contributed by atoms with Crippen molar-refractivity contribution in [3.8, 4) is 0 Å². The first kappa shape index (κ1) is 17.4. The van der Waals surface area contributed by atoms with Gasteiger partial charge in [-0.1, -0.05) is 12.1 Å². The van der Waals surface area contributed by atoms with Gasteiger partial charge < -0.3 is 15.5 Å². The summed E-state index contributed by atoms with van der Waals surface area (Å²) in [6.45, 7) is 3.84. The second kappa shape index (κ2) is 8.08. The van der Waals surface area contributed by atoms with Gasteiger partial charge in [0, 0.05) is 32.1 Å². The summed E-state index contributed by atoms with van der Waals surface area (Å²) < 4.78 is 14.6. The standard InChI is InChI=1S/C19H28FN3O/c1-21-9-8-14-6-5-7-17(20)18(14)15-12-22-13-16(15)19(24)23-10-3-2-4-11-23/h5-7,15-16,21-22H,2-4,8-13H2,1H3/t15-,16?/m1/s1. The molecule has 2 heterocycles. The van der Waals surface area contributed by atoms with Crippen molar-refractivity contribution in [2.75, 3.05) is 39.8 Å². The second-order valence-electron chi connectivity index (χ2n) is 6.92. The van der Waals surface area contributed by atoms with Gasteiger partial charge >= 0.3 is 0 Å². The lowest BCUT2D eigenvalue weighted by molar-refractivity contribution is -0.136. The van der Waals surface area contributed by atoms with Gasteiger partial charge in [-0.3, -0.25) is 4.79 Å². The van der Waals surface area contributed by atoms with Crippen molar-refractivity contribution in [1.29, 1.82) is 0 Å². The predicted octanol–water partition coefficient (Wildman–Crippen LogP) is 1.90. The number of carbonyl (C=O) groups is 1. The number of hydrogen-bond acceptors (Lipinski definition) is 3. The van der Waals surface area contributed by atoms with Crippen molar-refractivity contribution >= 4 is 5.91 Å². The molecule has 24 heavy (non-hydrogen) atoms. The SMILES string of the molecule is CNCCc1cccc(F)c1[C@@H]1CNCC1C(=O)N1CCCCC1. The summed E-state index contributed by atoms with van der Waals surface area (Å²) in [7, 11) is 1.90. The van der Waals surface area contributed by atoms with E-state index in [1.807, 2.05) is 18.0 Å². The highest BCUT2D eigenvalue weighted by Crippen LogP contribution is 2.34. The average molecular weight is 333 g/mol. The smallest absolute Gasteiger partial charge is 0.227 e. The van der Waals surface area contributed by atoms with Gasteiger partial charge in [0.2, 0.25) is 5.91 Å². The molecule has 0 aromatic heterocycles. The maximum Gasteiger partial charge on any atom is 0.227 e. The number of halogens is 1. The highest BCUT2D eigenvalue weighted by Gasteiger charge is 2.38. The van der Waals surface area contributed by atoms with Gasteiger partial charge in [0.25, 0.3) is 0 Å². The lowest BCUT2D eigenvalue weighted by Crippen LogP contribution is -2.41. The minimum absolute atomic E-state index is 0.0625. The molecule has 1 amide bonds. The molecule has 2 fully saturated rings. The van der Waals surface area contributed by atoms with Crippen LogP contribution in [0, 0.1) is 11.7 Å². The summed E-state index contributed by atoms with van der Waals surface area (Å²) in [5.74, 6) is -0.179. The Kier molecular flexibility index (Phi) is 5.85. The molecule has 132 valence electrons. The van der Waals surface area contributed by atoms with Crippen LogP contribution in [-0.4, -0.2) is 50.6 Å². The number of benzene rings is 1. The van der Waals surface area contributed by atoms with Crippen LogP contribution < -0.4 is 10.6 Å². The van der Waals surface area contributed by atoms with E-state index in [0.717, 1.165) is 50.0 Å². The van der Waals surface area contributed by atoms with Crippen molar-refractivity contribution in [1.82, 2.24) is 15.5 Å². The van der Waals surface area contributed by atoms with Gasteiger partial charge in [-0.05, 0) is 56.5 Å². The molecule has 2 aliphatic rings. The molecular formula is C19H28FN3O. The first-order valence-corrected chi connectivity index (χ1v) is 9.13. The Morgan fingerprint density at radius 2 is 2.08 bits per heavy atom. The van der Waals surface area contributed by atoms with E-state index >= 15 is 0 Å². The number of amides is 1. The third-order valence-corrected chi connectivity index (χ3v) is 5.36. The van der Waals surface area contributed by atoms with Crippen LogP contribution in [0.4, 0.5) is 4.39 Å². The molecule has 2 atom stereocenters. The number of likely N-dealkylation sites (N-methyl/N-ethyl adjacent to an activating group) is 1. The Morgan fingerprint density at radius 3 is 2.83 bits per heavy atom. The minimum atomic E-state index is -0.172. The third kappa shape index (κ3) is 3.62. The van der Waals surface area contributed by atoms with E-state index in [4.69, 9.17) is 0 Å². The molecule has 2 saturated heterocycles. The van der Waals surface area contributed by atoms with Gasteiger partial charge in [0.15, 0.2) is 0 Å². The Morgan fingerprint density at radius 1 is 1.29 bits per heavy atom. The Hall–Kier alpha value is -1.46. The molecular weight excluding hydrogens is 305 g/mol. The molecule has 0 bridgehead atoms. The van der Waals surface area contributed by atoms with Crippen LogP contribution in [0.25, 0.3) is 0 Å². The lowest BCUT2D eigenvalue weighted by Gasteiger charge is -2.31. The summed E-state index contributed by atoms with van der Waals surface area (Å²) in [4.78, 5) is 15.0. The van der Waals surface area contributed by atoms with E-state index in [9.17, 15) is 9.18 Å². The van der Waals surface area contributed by atoms with Crippen LogP contribution in [0.15, 0.2) is 18.2 Å². The quantitative estimate of drug-likeness (QED) is 0.865. The van der Waals surface area contributed by atoms with Crippen LogP contribution in [-0.2, 0) is 11.2 Å². The van der Waals surface area contributed by atoms with E-state index in [-0.39, 0.29) is 23.6 Å². The zero-order valence-corrected chi connectivity index (χ0v) is 14.5. The fourth-order valence-electron chi connectivity index (χ4n) is 4.06. The molecule has 1 aromatic carbocycles. The average Bonchev–Trinajstić information content (AvgIpc) is 3.09. The van der Waals surface area contributed by atoms with E-state index in [1.54, 1.807) is 6.07 Å². The maximum atomic E-state index is 14.6.